The Bertz CT molecular complexity index is 394. The lowest BCUT2D eigenvalue weighted by atomic mass is 10.1. The van der Waals surface area contributed by atoms with Crippen LogP contribution in [0.4, 0.5) is 0 Å². The lowest BCUT2D eigenvalue weighted by Crippen LogP contribution is -2.13. The SMILES string of the molecule is Cc1nc(C(N)Cc2ccco2)cs1. The van der Waals surface area contributed by atoms with Crippen LogP contribution in [-0.2, 0) is 6.42 Å². The number of thiazole rings is 1. The van der Waals surface area contributed by atoms with Gasteiger partial charge in [-0.3, -0.25) is 0 Å². The zero-order valence-corrected chi connectivity index (χ0v) is 8.75. The summed E-state index contributed by atoms with van der Waals surface area (Å²) in [5, 5.41) is 3.05. The minimum Gasteiger partial charge on any atom is -0.469 e. The molecular formula is C10H12N2OS. The normalized spacial score (nSPS) is 13.0. The summed E-state index contributed by atoms with van der Waals surface area (Å²) in [6.07, 6.45) is 2.37. The van der Waals surface area contributed by atoms with Gasteiger partial charge in [-0.05, 0) is 19.1 Å². The number of rotatable bonds is 3. The number of nitrogens with two attached hydrogens (primary N) is 1. The van der Waals surface area contributed by atoms with Crippen LogP contribution in [0.5, 0.6) is 0 Å². The molecule has 0 radical (unpaired) electrons. The Morgan fingerprint density at radius 3 is 3.07 bits per heavy atom. The van der Waals surface area contributed by atoms with Crippen LogP contribution in [0.1, 0.15) is 22.5 Å². The summed E-state index contributed by atoms with van der Waals surface area (Å²) in [6, 6.07) is 3.74. The molecule has 0 saturated carbocycles. The average molecular weight is 208 g/mol. The molecule has 0 amide bonds. The van der Waals surface area contributed by atoms with Crippen molar-refractivity contribution < 1.29 is 4.42 Å². The van der Waals surface area contributed by atoms with Crippen molar-refractivity contribution >= 4 is 11.3 Å². The molecule has 0 aliphatic heterocycles. The van der Waals surface area contributed by atoms with Gasteiger partial charge in [-0.25, -0.2) is 4.98 Å². The maximum atomic E-state index is 5.98. The number of aryl methyl sites for hydroxylation is 1. The molecule has 2 rings (SSSR count). The van der Waals surface area contributed by atoms with Gasteiger partial charge >= 0.3 is 0 Å². The zero-order chi connectivity index (χ0) is 9.97. The van der Waals surface area contributed by atoms with Crippen LogP contribution in [0.15, 0.2) is 28.2 Å². The average Bonchev–Trinajstić information content (AvgIpc) is 2.75. The summed E-state index contributed by atoms with van der Waals surface area (Å²) in [4.78, 5) is 4.34. The molecule has 0 saturated heterocycles. The zero-order valence-electron chi connectivity index (χ0n) is 7.93. The molecule has 0 aliphatic carbocycles. The van der Waals surface area contributed by atoms with E-state index in [1.54, 1.807) is 17.6 Å². The maximum absolute atomic E-state index is 5.98. The van der Waals surface area contributed by atoms with Crippen LogP contribution in [0.2, 0.25) is 0 Å². The molecule has 0 aromatic carbocycles. The summed E-state index contributed by atoms with van der Waals surface area (Å²) >= 11 is 1.62. The van der Waals surface area contributed by atoms with Gasteiger partial charge in [-0.2, -0.15) is 0 Å². The predicted molar refractivity (Wildman–Crippen MR) is 56.2 cm³/mol. The van der Waals surface area contributed by atoms with Crippen molar-refractivity contribution in [3.63, 3.8) is 0 Å². The molecule has 74 valence electrons. The van der Waals surface area contributed by atoms with E-state index in [0.29, 0.717) is 6.42 Å². The smallest absolute Gasteiger partial charge is 0.105 e. The van der Waals surface area contributed by atoms with E-state index in [-0.39, 0.29) is 6.04 Å². The molecule has 2 aromatic heterocycles. The van der Waals surface area contributed by atoms with Crippen LogP contribution in [0.3, 0.4) is 0 Å². The molecule has 3 nitrogen and oxygen atoms in total. The molecule has 0 spiro atoms. The molecule has 2 N–H and O–H groups in total. The Kier molecular flexibility index (Phi) is 2.65. The van der Waals surface area contributed by atoms with E-state index in [1.807, 2.05) is 24.4 Å². The molecule has 0 bridgehead atoms. The first-order chi connectivity index (χ1) is 6.75. The summed E-state index contributed by atoms with van der Waals surface area (Å²) in [7, 11) is 0. The van der Waals surface area contributed by atoms with E-state index in [1.165, 1.54) is 0 Å². The largest absolute Gasteiger partial charge is 0.469 e. The molecule has 0 fully saturated rings. The Morgan fingerprint density at radius 1 is 1.64 bits per heavy atom. The van der Waals surface area contributed by atoms with Crippen LogP contribution in [-0.4, -0.2) is 4.98 Å². The van der Waals surface area contributed by atoms with E-state index in [0.717, 1.165) is 16.5 Å². The van der Waals surface area contributed by atoms with Crippen LogP contribution in [0.25, 0.3) is 0 Å². The molecule has 4 heteroatoms. The van der Waals surface area contributed by atoms with Crippen molar-refractivity contribution in [1.82, 2.24) is 4.98 Å². The Morgan fingerprint density at radius 2 is 2.50 bits per heavy atom. The highest BCUT2D eigenvalue weighted by atomic mass is 32.1. The van der Waals surface area contributed by atoms with E-state index in [9.17, 15) is 0 Å². The standard InChI is InChI=1S/C10H12N2OS/c1-7-12-10(6-14-7)9(11)5-8-3-2-4-13-8/h2-4,6,9H,5,11H2,1H3. The monoisotopic (exact) mass is 208 g/mol. The third-order valence-corrected chi connectivity index (χ3v) is 2.81. The number of aromatic nitrogens is 1. The first kappa shape index (κ1) is 9.43. The van der Waals surface area contributed by atoms with Gasteiger partial charge in [-0.1, -0.05) is 0 Å². The summed E-state index contributed by atoms with van der Waals surface area (Å²) in [6.45, 7) is 1.98. The van der Waals surface area contributed by atoms with Crippen LogP contribution < -0.4 is 5.73 Å². The van der Waals surface area contributed by atoms with Crippen molar-refractivity contribution in [3.05, 3.63) is 40.2 Å². The Labute approximate surface area is 86.6 Å². The van der Waals surface area contributed by atoms with Crippen molar-refractivity contribution in [2.45, 2.75) is 19.4 Å². The highest BCUT2D eigenvalue weighted by Crippen LogP contribution is 2.18. The molecular weight excluding hydrogens is 196 g/mol. The lowest BCUT2D eigenvalue weighted by molar-refractivity contribution is 0.486. The van der Waals surface area contributed by atoms with Crippen molar-refractivity contribution in [2.75, 3.05) is 0 Å². The number of hydrogen-bond acceptors (Lipinski definition) is 4. The molecule has 1 unspecified atom stereocenters. The fourth-order valence-electron chi connectivity index (χ4n) is 1.30. The van der Waals surface area contributed by atoms with E-state index < -0.39 is 0 Å². The van der Waals surface area contributed by atoms with Crippen molar-refractivity contribution in [1.29, 1.82) is 0 Å². The van der Waals surface area contributed by atoms with Gasteiger partial charge in [0.05, 0.1) is 23.0 Å². The number of furan rings is 1. The van der Waals surface area contributed by atoms with Gasteiger partial charge in [0, 0.05) is 11.8 Å². The van der Waals surface area contributed by atoms with Gasteiger partial charge in [0.15, 0.2) is 0 Å². The second kappa shape index (κ2) is 3.94. The lowest BCUT2D eigenvalue weighted by Gasteiger charge is -2.05. The van der Waals surface area contributed by atoms with Crippen molar-refractivity contribution in [3.8, 4) is 0 Å². The predicted octanol–water partition coefficient (Wildman–Crippen LogP) is 2.29. The van der Waals surface area contributed by atoms with Crippen LogP contribution >= 0.6 is 11.3 Å². The van der Waals surface area contributed by atoms with Gasteiger partial charge < -0.3 is 10.2 Å². The summed E-state index contributed by atoms with van der Waals surface area (Å²) in [5.74, 6) is 0.906. The second-order valence-corrected chi connectivity index (χ2v) is 4.24. The van der Waals surface area contributed by atoms with Gasteiger partial charge in [0.2, 0.25) is 0 Å². The quantitative estimate of drug-likeness (QED) is 0.842. The summed E-state index contributed by atoms with van der Waals surface area (Å²) in [5.41, 5.74) is 6.93. The van der Waals surface area contributed by atoms with Gasteiger partial charge in [0.25, 0.3) is 0 Å². The van der Waals surface area contributed by atoms with E-state index in [4.69, 9.17) is 10.2 Å². The van der Waals surface area contributed by atoms with E-state index in [2.05, 4.69) is 4.98 Å². The van der Waals surface area contributed by atoms with Crippen LogP contribution in [0, 0.1) is 6.92 Å². The highest BCUT2D eigenvalue weighted by Gasteiger charge is 2.11. The Balaban J connectivity index is 2.06. The minimum absolute atomic E-state index is 0.0638. The Hall–Kier alpha value is -1.13. The third kappa shape index (κ3) is 2.02. The number of hydrogen-bond donors (Lipinski definition) is 1. The first-order valence-corrected chi connectivity index (χ1v) is 5.33. The molecule has 1 atom stereocenters. The topological polar surface area (TPSA) is 52.0 Å². The van der Waals surface area contributed by atoms with Gasteiger partial charge in [0.1, 0.15) is 5.76 Å². The molecule has 2 aromatic rings. The van der Waals surface area contributed by atoms with E-state index >= 15 is 0 Å². The fraction of sp³-hybridized carbons (Fsp3) is 0.300. The highest BCUT2D eigenvalue weighted by molar-refractivity contribution is 7.09. The van der Waals surface area contributed by atoms with Gasteiger partial charge in [-0.15, -0.1) is 11.3 Å². The second-order valence-electron chi connectivity index (χ2n) is 3.18. The maximum Gasteiger partial charge on any atom is 0.105 e. The summed E-state index contributed by atoms with van der Waals surface area (Å²) < 4.78 is 5.23. The minimum atomic E-state index is -0.0638. The molecule has 0 aliphatic rings. The van der Waals surface area contributed by atoms with Crippen molar-refractivity contribution in [2.24, 2.45) is 5.73 Å². The fourth-order valence-corrected chi connectivity index (χ4v) is 1.98. The third-order valence-electron chi connectivity index (χ3n) is 2.02. The number of nitrogens with zero attached hydrogens (tertiary/aromatic N) is 1. The molecule has 14 heavy (non-hydrogen) atoms. The molecule has 2 heterocycles. The first-order valence-electron chi connectivity index (χ1n) is 4.45.